The van der Waals surface area contributed by atoms with Crippen molar-refractivity contribution in [1.29, 1.82) is 0 Å². The van der Waals surface area contributed by atoms with Crippen molar-refractivity contribution in [3.8, 4) is 0 Å². The van der Waals surface area contributed by atoms with Crippen molar-refractivity contribution >= 4 is 0 Å². The van der Waals surface area contributed by atoms with Gasteiger partial charge in [-0.1, -0.05) is 45.8 Å². The molecule has 0 spiro atoms. The van der Waals surface area contributed by atoms with Gasteiger partial charge >= 0.3 is 0 Å². The van der Waals surface area contributed by atoms with Crippen LogP contribution in [0.25, 0.3) is 0 Å². The normalized spacial score (nSPS) is 17.6. The minimum Gasteiger partial charge on any atom is -0.0797 e. The monoisotopic (exact) mass is 168 g/mol. The molecule has 0 nitrogen and oxygen atoms in total. The zero-order valence-corrected chi connectivity index (χ0v) is 9.41. The van der Waals surface area contributed by atoms with Crippen LogP contribution in [0.1, 0.15) is 60.3 Å². The van der Waals surface area contributed by atoms with Gasteiger partial charge in [0.1, 0.15) is 0 Å². The van der Waals surface area contributed by atoms with E-state index >= 15 is 0 Å². The second kappa shape index (κ2) is 5.40. The van der Waals surface area contributed by atoms with Crippen LogP contribution in [-0.2, 0) is 0 Å². The molecule has 0 saturated carbocycles. The lowest BCUT2D eigenvalue weighted by Gasteiger charge is -2.24. The summed E-state index contributed by atoms with van der Waals surface area (Å²) in [5.41, 5.74) is 1.99. The maximum absolute atomic E-state index is 2.47. The Hall–Kier alpha value is -0.260. The molecule has 0 heteroatoms. The fraction of sp³-hybridized carbons (Fsp3) is 0.833. The molecule has 0 bridgehead atoms. The van der Waals surface area contributed by atoms with E-state index in [1.54, 1.807) is 0 Å². The molecule has 0 aromatic carbocycles. The van der Waals surface area contributed by atoms with Crippen LogP contribution in [0.4, 0.5) is 0 Å². The van der Waals surface area contributed by atoms with Crippen molar-refractivity contribution in [3.63, 3.8) is 0 Å². The lowest BCUT2D eigenvalue weighted by molar-refractivity contribution is 0.370. The molecule has 0 radical (unpaired) electrons. The summed E-state index contributed by atoms with van der Waals surface area (Å²) in [6, 6.07) is 0. The van der Waals surface area contributed by atoms with Gasteiger partial charge in [0.2, 0.25) is 0 Å². The van der Waals surface area contributed by atoms with Gasteiger partial charge in [-0.2, -0.15) is 0 Å². The maximum atomic E-state index is 2.47. The second-order valence-electron chi connectivity index (χ2n) is 4.10. The van der Waals surface area contributed by atoms with E-state index < -0.39 is 0 Å². The Bertz CT molecular complexity index is 144. The summed E-state index contributed by atoms with van der Waals surface area (Å²) < 4.78 is 0. The summed E-state index contributed by atoms with van der Waals surface area (Å²) in [5.74, 6) is 0. The standard InChI is InChI=1S/C12H24/c1-6-9-12(5,8-3)10-11(4)7-2/h10H,6-9H2,1-5H3. The fourth-order valence-electron chi connectivity index (χ4n) is 1.62. The van der Waals surface area contributed by atoms with Gasteiger partial charge in [-0.15, -0.1) is 0 Å². The molecule has 0 N–H and O–H groups in total. The molecule has 0 aromatic rings. The van der Waals surface area contributed by atoms with Crippen LogP contribution < -0.4 is 0 Å². The third-order valence-corrected chi connectivity index (χ3v) is 2.78. The number of hydrogen-bond acceptors (Lipinski definition) is 0. The molecule has 0 aromatic heterocycles. The van der Waals surface area contributed by atoms with Crippen LogP contribution in [0.3, 0.4) is 0 Å². The zero-order valence-electron chi connectivity index (χ0n) is 9.41. The van der Waals surface area contributed by atoms with E-state index in [0.29, 0.717) is 5.41 Å². The Morgan fingerprint density at radius 3 is 2.17 bits per heavy atom. The quantitative estimate of drug-likeness (QED) is 0.528. The average molecular weight is 168 g/mol. The van der Waals surface area contributed by atoms with E-state index in [1.807, 2.05) is 0 Å². The van der Waals surface area contributed by atoms with Crippen LogP contribution in [-0.4, -0.2) is 0 Å². The highest BCUT2D eigenvalue weighted by Gasteiger charge is 2.17. The van der Waals surface area contributed by atoms with Crippen molar-refractivity contribution in [1.82, 2.24) is 0 Å². The smallest absolute Gasteiger partial charge is 0.0147 e. The van der Waals surface area contributed by atoms with Gasteiger partial charge in [0.05, 0.1) is 0 Å². The van der Waals surface area contributed by atoms with Crippen molar-refractivity contribution in [2.24, 2.45) is 5.41 Å². The van der Waals surface area contributed by atoms with Gasteiger partial charge in [0, 0.05) is 0 Å². The Labute approximate surface area is 78.1 Å². The molecule has 0 aliphatic rings. The Kier molecular flexibility index (Phi) is 5.28. The van der Waals surface area contributed by atoms with Crippen LogP contribution >= 0.6 is 0 Å². The van der Waals surface area contributed by atoms with Gasteiger partial charge in [-0.3, -0.25) is 0 Å². The van der Waals surface area contributed by atoms with Crippen molar-refractivity contribution < 1.29 is 0 Å². The van der Waals surface area contributed by atoms with Crippen molar-refractivity contribution in [2.75, 3.05) is 0 Å². The summed E-state index contributed by atoms with van der Waals surface area (Å²) in [4.78, 5) is 0. The highest BCUT2D eigenvalue weighted by molar-refractivity contribution is 5.05. The Morgan fingerprint density at radius 2 is 1.83 bits per heavy atom. The summed E-state index contributed by atoms with van der Waals surface area (Å²) in [6.07, 6.45) is 7.53. The summed E-state index contributed by atoms with van der Waals surface area (Å²) in [5, 5.41) is 0. The topological polar surface area (TPSA) is 0 Å². The first-order chi connectivity index (χ1) is 5.58. The van der Waals surface area contributed by atoms with Crippen molar-refractivity contribution in [2.45, 2.75) is 60.3 Å². The molecular weight excluding hydrogens is 144 g/mol. The van der Waals surface area contributed by atoms with Gasteiger partial charge < -0.3 is 0 Å². The highest BCUT2D eigenvalue weighted by atomic mass is 14.2. The number of rotatable bonds is 5. The van der Waals surface area contributed by atoms with Gasteiger partial charge in [-0.05, 0) is 31.6 Å². The van der Waals surface area contributed by atoms with E-state index in [0.717, 1.165) is 0 Å². The first-order valence-electron chi connectivity index (χ1n) is 5.26. The molecule has 0 fully saturated rings. The molecule has 0 amide bonds. The summed E-state index contributed by atoms with van der Waals surface area (Å²) >= 11 is 0. The molecule has 0 aliphatic heterocycles. The Morgan fingerprint density at radius 1 is 1.25 bits per heavy atom. The van der Waals surface area contributed by atoms with Gasteiger partial charge in [-0.25, -0.2) is 0 Å². The van der Waals surface area contributed by atoms with Crippen molar-refractivity contribution in [3.05, 3.63) is 11.6 Å². The predicted octanol–water partition coefficient (Wildman–Crippen LogP) is 4.56. The number of hydrogen-bond donors (Lipinski definition) is 0. The highest BCUT2D eigenvalue weighted by Crippen LogP contribution is 2.30. The molecule has 1 unspecified atom stereocenters. The minimum atomic E-state index is 0.453. The van der Waals surface area contributed by atoms with Gasteiger partial charge in [0.25, 0.3) is 0 Å². The summed E-state index contributed by atoms with van der Waals surface area (Å²) in [6.45, 7) is 11.4. The van der Waals surface area contributed by atoms with E-state index in [-0.39, 0.29) is 0 Å². The molecule has 1 atom stereocenters. The predicted molar refractivity (Wildman–Crippen MR) is 57.4 cm³/mol. The first-order valence-corrected chi connectivity index (χ1v) is 5.26. The molecule has 0 aliphatic carbocycles. The third kappa shape index (κ3) is 3.94. The maximum Gasteiger partial charge on any atom is -0.0147 e. The van der Waals surface area contributed by atoms with E-state index in [2.05, 4.69) is 40.7 Å². The van der Waals surface area contributed by atoms with Crippen LogP contribution in [0.15, 0.2) is 11.6 Å². The average Bonchev–Trinajstić information content (AvgIpc) is 2.05. The minimum absolute atomic E-state index is 0.453. The molecule has 0 saturated heterocycles. The molecular formula is C12H24. The SMILES string of the molecule is CCCC(C)(C=C(C)CC)CC. The first kappa shape index (κ1) is 11.7. The zero-order chi connectivity index (χ0) is 9.61. The molecule has 12 heavy (non-hydrogen) atoms. The van der Waals surface area contributed by atoms with E-state index in [1.165, 1.54) is 31.3 Å². The number of allylic oxidation sites excluding steroid dienone is 2. The Balaban J connectivity index is 4.31. The molecule has 0 rings (SSSR count). The van der Waals surface area contributed by atoms with Crippen LogP contribution in [0.2, 0.25) is 0 Å². The third-order valence-electron chi connectivity index (χ3n) is 2.78. The van der Waals surface area contributed by atoms with Gasteiger partial charge in [0.15, 0.2) is 0 Å². The lowest BCUT2D eigenvalue weighted by atomic mass is 9.81. The fourth-order valence-corrected chi connectivity index (χ4v) is 1.62. The van der Waals surface area contributed by atoms with Crippen LogP contribution in [0, 0.1) is 5.41 Å². The van der Waals surface area contributed by atoms with E-state index in [4.69, 9.17) is 0 Å². The molecule has 0 heterocycles. The largest absolute Gasteiger partial charge is 0.0797 e. The van der Waals surface area contributed by atoms with Crippen LogP contribution in [0.5, 0.6) is 0 Å². The van der Waals surface area contributed by atoms with E-state index in [9.17, 15) is 0 Å². The molecule has 72 valence electrons. The lowest BCUT2D eigenvalue weighted by Crippen LogP contribution is -2.11. The second-order valence-corrected chi connectivity index (χ2v) is 4.10. The summed E-state index contributed by atoms with van der Waals surface area (Å²) in [7, 11) is 0.